The molecule has 0 N–H and O–H groups in total. The molecule has 0 unspecified atom stereocenters. The number of fused-ring (bicyclic) bond motifs is 1. The maximum atomic E-state index is 9.47. The van der Waals surface area contributed by atoms with E-state index in [0.29, 0.717) is 22.1 Å². The molecule has 2 aromatic carbocycles. The lowest BCUT2D eigenvalue weighted by molar-refractivity contribution is 0.481. The number of hydrogen-bond acceptors (Lipinski definition) is 6. The van der Waals surface area contributed by atoms with E-state index in [1.807, 2.05) is 6.07 Å². The Morgan fingerprint density at radius 1 is 1.16 bits per heavy atom. The van der Waals surface area contributed by atoms with Gasteiger partial charge in [0.2, 0.25) is 0 Å². The molecular weight excluding hydrogens is 356 g/mol. The molecule has 0 aliphatic heterocycles. The van der Waals surface area contributed by atoms with Crippen molar-refractivity contribution in [3.63, 3.8) is 0 Å². The maximum absolute atomic E-state index is 9.47. The molecule has 0 bridgehead atoms. The van der Waals surface area contributed by atoms with Crippen LogP contribution in [-0.4, -0.2) is 15.0 Å². The van der Waals surface area contributed by atoms with E-state index in [4.69, 9.17) is 16.3 Å². The molecule has 0 aliphatic carbocycles. The van der Waals surface area contributed by atoms with E-state index in [0.717, 1.165) is 20.9 Å². The van der Waals surface area contributed by atoms with Gasteiger partial charge in [0, 0.05) is 10.6 Å². The Hall–Kier alpha value is -3.01. The summed E-state index contributed by atoms with van der Waals surface area (Å²) in [4.78, 5) is 13.5. The van der Waals surface area contributed by atoms with Crippen molar-refractivity contribution in [1.29, 1.82) is 5.26 Å². The van der Waals surface area contributed by atoms with Gasteiger partial charge in [-0.1, -0.05) is 29.0 Å². The van der Waals surface area contributed by atoms with Crippen LogP contribution in [0.4, 0.5) is 0 Å². The normalized spacial score (nSPS) is 10.6. The highest BCUT2D eigenvalue weighted by molar-refractivity contribution is 7.21. The molecule has 0 atom stereocenters. The number of benzene rings is 2. The summed E-state index contributed by atoms with van der Waals surface area (Å²) in [5.41, 5.74) is 1.99. The highest BCUT2D eigenvalue weighted by Crippen LogP contribution is 2.33. The fraction of sp³-hybridized carbons (Fsp3) is 0. The number of ether oxygens (including phenoxy) is 1. The minimum absolute atomic E-state index is 0.419. The van der Waals surface area contributed by atoms with Gasteiger partial charge < -0.3 is 4.74 Å². The van der Waals surface area contributed by atoms with Gasteiger partial charge in [-0.3, -0.25) is 0 Å². The largest absolute Gasteiger partial charge is 0.456 e. The van der Waals surface area contributed by atoms with E-state index < -0.39 is 0 Å². The third-order valence-corrected chi connectivity index (χ3v) is 4.71. The standard InChI is InChI=1S/C18H9ClN4OS/c19-13-2-1-3-14(7-13)24-16-5-4-11(6-12(16)8-20)17-23-15-9-21-10-22-18(15)25-17/h1-7,9-10H. The minimum atomic E-state index is 0.419. The summed E-state index contributed by atoms with van der Waals surface area (Å²) in [5.74, 6) is 1.04. The first-order valence-corrected chi connectivity index (χ1v) is 8.47. The van der Waals surface area contributed by atoms with Gasteiger partial charge in [0.1, 0.15) is 39.3 Å². The molecule has 4 aromatic rings. The van der Waals surface area contributed by atoms with E-state index in [-0.39, 0.29) is 0 Å². The lowest BCUT2D eigenvalue weighted by atomic mass is 10.1. The van der Waals surface area contributed by atoms with Crippen LogP contribution in [0.1, 0.15) is 5.56 Å². The topological polar surface area (TPSA) is 71.7 Å². The van der Waals surface area contributed by atoms with Crippen LogP contribution in [-0.2, 0) is 0 Å². The Labute approximate surface area is 152 Å². The molecule has 0 saturated heterocycles. The zero-order valence-corrected chi connectivity index (χ0v) is 14.3. The second-order valence-electron chi connectivity index (χ2n) is 5.11. The molecule has 120 valence electrons. The van der Waals surface area contributed by atoms with Crippen molar-refractivity contribution >= 4 is 33.3 Å². The number of nitrogens with zero attached hydrogens (tertiary/aromatic N) is 4. The summed E-state index contributed by atoms with van der Waals surface area (Å²) in [5, 5.41) is 10.8. The number of hydrogen-bond donors (Lipinski definition) is 0. The minimum Gasteiger partial charge on any atom is -0.456 e. The summed E-state index contributed by atoms with van der Waals surface area (Å²) in [7, 11) is 0. The van der Waals surface area contributed by atoms with Crippen LogP contribution in [0.25, 0.3) is 20.9 Å². The third kappa shape index (κ3) is 3.15. The van der Waals surface area contributed by atoms with Crippen LogP contribution in [0, 0.1) is 11.3 Å². The molecule has 0 radical (unpaired) electrons. The summed E-state index contributed by atoms with van der Waals surface area (Å²) >= 11 is 7.42. The van der Waals surface area contributed by atoms with E-state index in [1.165, 1.54) is 17.7 Å². The fourth-order valence-corrected chi connectivity index (χ4v) is 3.37. The molecular formula is C18H9ClN4OS. The van der Waals surface area contributed by atoms with Crippen LogP contribution in [0.3, 0.4) is 0 Å². The first-order chi connectivity index (χ1) is 12.2. The highest BCUT2D eigenvalue weighted by Gasteiger charge is 2.11. The number of thiazole rings is 1. The number of rotatable bonds is 3. The van der Waals surface area contributed by atoms with Gasteiger partial charge >= 0.3 is 0 Å². The van der Waals surface area contributed by atoms with Crippen LogP contribution < -0.4 is 4.74 Å². The van der Waals surface area contributed by atoms with Crippen molar-refractivity contribution in [2.75, 3.05) is 0 Å². The Morgan fingerprint density at radius 3 is 2.88 bits per heavy atom. The molecule has 0 fully saturated rings. The summed E-state index contributed by atoms with van der Waals surface area (Å²) in [6, 6.07) is 14.6. The second kappa shape index (κ2) is 6.48. The second-order valence-corrected chi connectivity index (χ2v) is 6.53. The lowest BCUT2D eigenvalue weighted by Gasteiger charge is -2.08. The van der Waals surface area contributed by atoms with Gasteiger partial charge in [-0.05, 0) is 36.4 Å². The molecule has 25 heavy (non-hydrogen) atoms. The predicted molar refractivity (Wildman–Crippen MR) is 96.9 cm³/mol. The monoisotopic (exact) mass is 364 g/mol. The van der Waals surface area contributed by atoms with Gasteiger partial charge in [0.05, 0.1) is 11.8 Å². The third-order valence-electron chi connectivity index (χ3n) is 3.44. The van der Waals surface area contributed by atoms with Crippen LogP contribution in [0.15, 0.2) is 55.0 Å². The molecule has 0 saturated carbocycles. The Morgan fingerprint density at radius 2 is 2.08 bits per heavy atom. The van der Waals surface area contributed by atoms with Crippen molar-refractivity contribution < 1.29 is 4.74 Å². The first kappa shape index (κ1) is 15.5. The van der Waals surface area contributed by atoms with Crippen molar-refractivity contribution in [1.82, 2.24) is 15.0 Å². The van der Waals surface area contributed by atoms with E-state index in [1.54, 1.807) is 42.6 Å². The molecule has 5 nitrogen and oxygen atoms in total. The van der Waals surface area contributed by atoms with Crippen LogP contribution in [0.2, 0.25) is 5.02 Å². The van der Waals surface area contributed by atoms with Crippen LogP contribution >= 0.6 is 22.9 Å². The Bertz CT molecular complexity index is 1090. The predicted octanol–water partition coefficient (Wildman–Crippen LogP) is 5.07. The average Bonchev–Trinajstić information content (AvgIpc) is 3.06. The Balaban J connectivity index is 1.71. The molecule has 0 aliphatic rings. The summed E-state index contributed by atoms with van der Waals surface area (Å²) in [6.07, 6.45) is 3.16. The van der Waals surface area contributed by atoms with Gasteiger partial charge in [-0.2, -0.15) is 5.26 Å². The molecule has 4 rings (SSSR count). The van der Waals surface area contributed by atoms with Crippen molar-refractivity contribution in [3.05, 3.63) is 65.6 Å². The van der Waals surface area contributed by atoms with E-state index in [9.17, 15) is 5.26 Å². The molecule has 7 heteroatoms. The molecule has 2 aromatic heterocycles. The zero-order chi connectivity index (χ0) is 17.2. The zero-order valence-electron chi connectivity index (χ0n) is 12.7. The van der Waals surface area contributed by atoms with Gasteiger partial charge in [0.25, 0.3) is 0 Å². The molecule has 0 spiro atoms. The SMILES string of the molecule is N#Cc1cc(-c2nc3cncnc3s2)ccc1Oc1cccc(Cl)c1. The summed E-state index contributed by atoms with van der Waals surface area (Å²) in [6.45, 7) is 0. The fourth-order valence-electron chi connectivity index (χ4n) is 2.31. The summed E-state index contributed by atoms with van der Waals surface area (Å²) < 4.78 is 5.78. The number of aromatic nitrogens is 3. The van der Waals surface area contributed by atoms with Gasteiger partial charge in [0.15, 0.2) is 0 Å². The maximum Gasteiger partial charge on any atom is 0.147 e. The van der Waals surface area contributed by atoms with Crippen molar-refractivity contribution in [2.45, 2.75) is 0 Å². The highest BCUT2D eigenvalue weighted by atomic mass is 35.5. The van der Waals surface area contributed by atoms with Crippen LogP contribution in [0.5, 0.6) is 11.5 Å². The Kier molecular flexibility index (Phi) is 4.02. The quantitative estimate of drug-likeness (QED) is 0.507. The van der Waals surface area contributed by atoms with E-state index >= 15 is 0 Å². The first-order valence-electron chi connectivity index (χ1n) is 7.27. The smallest absolute Gasteiger partial charge is 0.147 e. The molecule has 0 amide bonds. The van der Waals surface area contributed by atoms with Crippen molar-refractivity contribution in [3.8, 4) is 28.1 Å². The van der Waals surface area contributed by atoms with Gasteiger partial charge in [-0.15, -0.1) is 0 Å². The van der Waals surface area contributed by atoms with Crippen molar-refractivity contribution in [2.24, 2.45) is 0 Å². The number of halogens is 1. The average molecular weight is 365 g/mol. The lowest BCUT2D eigenvalue weighted by Crippen LogP contribution is -1.89. The van der Waals surface area contributed by atoms with E-state index in [2.05, 4.69) is 21.0 Å². The van der Waals surface area contributed by atoms with Gasteiger partial charge in [-0.25, -0.2) is 15.0 Å². The molecule has 2 heterocycles. The number of nitriles is 1.